The predicted octanol–water partition coefficient (Wildman–Crippen LogP) is 5.04. The number of ether oxygens (including phenoxy) is 1. The lowest BCUT2D eigenvalue weighted by Gasteiger charge is -2.27. The first-order chi connectivity index (χ1) is 14.7. The van der Waals surface area contributed by atoms with E-state index < -0.39 is 0 Å². The van der Waals surface area contributed by atoms with Gasteiger partial charge in [0.15, 0.2) is 0 Å². The fourth-order valence-electron chi connectivity index (χ4n) is 5.36. The fraction of sp³-hybridized carbons (Fsp3) is 0.296. The molecule has 150 valence electrons. The topological polar surface area (TPSA) is 29.5 Å². The Morgan fingerprint density at radius 3 is 2.43 bits per heavy atom. The average Bonchev–Trinajstić information content (AvgIpc) is 3.40. The third kappa shape index (κ3) is 2.65. The fourth-order valence-corrected chi connectivity index (χ4v) is 5.36. The van der Waals surface area contributed by atoms with E-state index in [2.05, 4.69) is 77.7 Å². The smallest absolute Gasteiger partial charge is 0.233 e. The highest BCUT2D eigenvalue weighted by molar-refractivity contribution is 5.92. The molecule has 3 heteroatoms. The highest BCUT2D eigenvalue weighted by Crippen LogP contribution is 2.52. The Hall–Kier alpha value is -2.91. The van der Waals surface area contributed by atoms with Gasteiger partial charge in [-0.15, -0.1) is 0 Å². The Balaban J connectivity index is 1.28. The Morgan fingerprint density at radius 1 is 0.833 bits per heavy atom. The minimum Gasteiger partial charge on any atom is -0.364 e. The maximum Gasteiger partial charge on any atom is 0.233 e. The van der Waals surface area contributed by atoms with Gasteiger partial charge in [-0.3, -0.25) is 4.79 Å². The van der Waals surface area contributed by atoms with Crippen LogP contribution in [-0.4, -0.2) is 23.9 Å². The van der Waals surface area contributed by atoms with Crippen LogP contribution in [0.1, 0.15) is 36.0 Å². The first-order valence-electron chi connectivity index (χ1n) is 10.9. The van der Waals surface area contributed by atoms with E-state index in [9.17, 15) is 4.79 Å². The Bertz CT molecular complexity index is 1120. The molecule has 3 nitrogen and oxygen atoms in total. The van der Waals surface area contributed by atoms with E-state index in [-0.39, 0.29) is 16.9 Å². The molecule has 3 aromatic carbocycles. The maximum absolute atomic E-state index is 13.7. The number of fused-ring (bicyclic) bond motifs is 2. The summed E-state index contributed by atoms with van der Waals surface area (Å²) in [6.07, 6.45) is 2.76. The molecular weight excluding hydrogens is 370 g/mol. The lowest BCUT2D eigenvalue weighted by Crippen LogP contribution is -2.40. The van der Waals surface area contributed by atoms with Crippen molar-refractivity contribution < 1.29 is 9.53 Å². The Morgan fingerprint density at radius 2 is 1.60 bits per heavy atom. The molecule has 1 aliphatic carbocycles. The number of carbonyl (C=O) groups excluding carboxylic acids is 1. The largest absolute Gasteiger partial charge is 0.364 e. The van der Waals surface area contributed by atoms with Gasteiger partial charge in [-0.1, -0.05) is 78.9 Å². The van der Waals surface area contributed by atoms with Crippen LogP contribution in [0.15, 0.2) is 78.9 Å². The summed E-state index contributed by atoms with van der Waals surface area (Å²) in [4.78, 5) is 15.8. The van der Waals surface area contributed by atoms with Crippen molar-refractivity contribution in [3.8, 4) is 11.1 Å². The molecule has 2 fully saturated rings. The number of benzene rings is 3. The third-order valence-electron chi connectivity index (χ3n) is 7.21. The van der Waals surface area contributed by atoms with Crippen LogP contribution in [-0.2, 0) is 27.2 Å². The molecule has 3 aromatic rings. The van der Waals surface area contributed by atoms with Gasteiger partial charge in [-0.25, -0.2) is 0 Å². The number of nitrogens with zero attached hydrogens (tertiary/aromatic N) is 1. The number of rotatable bonds is 3. The molecular formula is C27H25NO2. The minimum atomic E-state index is -0.353. The van der Waals surface area contributed by atoms with Gasteiger partial charge in [0.2, 0.25) is 5.91 Å². The highest BCUT2D eigenvalue weighted by atomic mass is 16.5. The molecule has 0 N–H and O–H groups in total. The minimum absolute atomic E-state index is 0.276. The summed E-state index contributed by atoms with van der Waals surface area (Å²) in [6, 6.07) is 27.4. The molecule has 0 unspecified atom stereocenters. The lowest BCUT2D eigenvalue weighted by atomic mass is 9.90. The van der Waals surface area contributed by atoms with Gasteiger partial charge >= 0.3 is 0 Å². The lowest BCUT2D eigenvalue weighted by molar-refractivity contribution is -0.134. The van der Waals surface area contributed by atoms with Crippen LogP contribution < -0.4 is 0 Å². The monoisotopic (exact) mass is 395 g/mol. The van der Waals surface area contributed by atoms with E-state index in [1.807, 2.05) is 6.07 Å². The number of hydrogen-bond donors (Lipinski definition) is 0. The van der Waals surface area contributed by atoms with E-state index in [1.54, 1.807) is 0 Å². The maximum atomic E-state index is 13.7. The molecule has 0 aromatic heterocycles. The zero-order valence-corrected chi connectivity index (χ0v) is 17.0. The van der Waals surface area contributed by atoms with E-state index in [0.717, 1.165) is 31.4 Å². The summed E-state index contributed by atoms with van der Waals surface area (Å²) in [5, 5.41) is 0. The summed E-state index contributed by atoms with van der Waals surface area (Å²) in [6.45, 7) is 2.10. The van der Waals surface area contributed by atoms with Crippen molar-refractivity contribution in [3.05, 3.63) is 95.6 Å². The summed E-state index contributed by atoms with van der Waals surface area (Å²) >= 11 is 0. The number of amides is 1. The van der Waals surface area contributed by atoms with Crippen molar-refractivity contribution in [2.75, 3.05) is 13.1 Å². The van der Waals surface area contributed by atoms with Gasteiger partial charge < -0.3 is 9.64 Å². The van der Waals surface area contributed by atoms with Gasteiger partial charge in [0.25, 0.3) is 0 Å². The van der Waals surface area contributed by atoms with Gasteiger partial charge in [0, 0.05) is 6.54 Å². The van der Waals surface area contributed by atoms with Crippen LogP contribution >= 0.6 is 0 Å². The molecule has 1 atom stereocenters. The molecule has 6 rings (SSSR count). The molecule has 1 saturated carbocycles. The zero-order chi connectivity index (χ0) is 20.2. The molecule has 1 spiro atoms. The zero-order valence-electron chi connectivity index (χ0n) is 17.0. The quantitative estimate of drug-likeness (QED) is 0.622. The molecule has 0 radical (unpaired) electrons. The van der Waals surface area contributed by atoms with E-state index in [1.165, 1.54) is 22.3 Å². The summed E-state index contributed by atoms with van der Waals surface area (Å²) < 4.78 is 6.27. The number of hydrogen-bond acceptors (Lipinski definition) is 2. The van der Waals surface area contributed by atoms with Crippen molar-refractivity contribution in [3.63, 3.8) is 0 Å². The van der Waals surface area contributed by atoms with Crippen LogP contribution in [0.25, 0.3) is 11.1 Å². The average molecular weight is 396 g/mol. The second-order valence-electron chi connectivity index (χ2n) is 8.95. The predicted molar refractivity (Wildman–Crippen MR) is 117 cm³/mol. The molecule has 0 bridgehead atoms. The van der Waals surface area contributed by atoms with Crippen LogP contribution in [0.5, 0.6) is 0 Å². The molecule has 2 heterocycles. The van der Waals surface area contributed by atoms with Crippen molar-refractivity contribution in [2.45, 2.75) is 36.9 Å². The Labute approximate surface area is 177 Å². The van der Waals surface area contributed by atoms with Crippen molar-refractivity contribution in [2.24, 2.45) is 0 Å². The van der Waals surface area contributed by atoms with E-state index in [0.29, 0.717) is 13.2 Å². The molecule has 2 aliphatic heterocycles. The van der Waals surface area contributed by atoms with Crippen molar-refractivity contribution >= 4 is 5.91 Å². The Kier molecular flexibility index (Phi) is 3.91. The van der Waals surface area contributed by atoms with Crippen LogP contribution in [0, 0.1) is 0 Å². The molecule has 1 amide bonds. The molecule has 1 saturated heterocycles. The van der Waals surface area contributed by atoms with Crippen LogP contribution in [0.2, 0.25) is 0 Å². The standard InChI is InChI=1S/C27H25NO2/c29-25(28-16-15-27(19-28)24-12-5-4-9-22(24)18-30-27)26(13-14-26)23-11-6-10-21(17-23)20-7-2-1-3-8-20/h1-12,17H,13-16,18-19H2/t27-/m0/s1. The van der Waals surface area contributed by atoms with Gasteiger partial charge in [0.1, 0.15) is 5.60 Å². The SMILES string of the molecule is O=C(N1CC[C@@]2(C1)OCc1ccccc12)C1(c2cccc(-c3ccccc3)c2)CC1. The van der Waals surface area contributed by atoms with Gasteiger partial charge in [-0.05, 0) is 47.1 Å². The summed E-state index contributed by atoms with van der Waals surface area (Å²) in [5.41, 5.74) is 5.40. The normalized spacial score (nSPS) is 23.5. The second kappa shape index (κ2) is 6.55. The first-order valence-corrected chi connectivity index (χ1v) is 10.9. The molecule has 30 heavy (non-hydrogen) atoms. The number of likely N-dealkylation sites (tertiary alicyclic amines) is 1. The first kappa shape index (κ1) is 17.9. The molecule has 3 aliphatic rings. The van der Waals surface area contributed by atoms with Gasteiger partial charge in [-0.2, -0.15) is 0 Å². The second-order valence-corrected chi connectivity index (χ2v) is 8.95. The third-order valence-corrected chi connectivity index (χ3v) is 7.21. The summed E-state index contributed by atoms with van der Waals surface area (Å²) in [7, 11) is 0. The van der Waals surface area contributed by atoms with Crippen LogP contribution in [0.3, 0.4) is 0 Å². The van der Waals surface area contributed by atoms with Crippen molar-refractivity contribution in [1.29, 1.82) is 0 Å². The number of carbonyl (C=O) groups is 1. The summed E-state index contributed by atoms with van der Waals surface area (Å²) in [5.74, 6) is 0.276. The van der Waals surface area contributed by atoms with Crippen molar-refractivity contribution in [1.82, 2.24) is 4.90 Å². The van der Waals surface area contributed by atoms with Crippen LogP contribution in [0.4, 0.5) is 0 Å². The van der Waals surface area contributed by atoms with Gasteiger partial charge in [0.05, 0.1) is 18.6 Å². The van der Waals surface area contributed by atoms with E-state index >= 15 is 0 Å². The van der Waals surface area contributed by atoms with E-state index in [4.69, 9.17) is 4.74 Å². The highest BCUT2D eigenvalue weighted by Gasteiger charge is 2.56.